The predicted molar refractivity (Wildman–Crippen MR) is 92.7 cm³/mol. The van der Waals surface area contributed by atoms with E-state index in [2.05, 4.69) is 26.1 Å². The number of carbonyl (C=O) groups is 1. The van der Waals surface area contributed by atoms with E-state index >= 15 is 0 Å². The van der Waals surface area contributed by atoms with Crippen LogP contribution in [0.2, 0.25) is 5.02 Å². The van der Waals surface area contributed by atoms with Crippen molar-refractivity contribution in [3.8, 4) is 0 Å². The first-order valence-corrected chi connectivity index (χ1v) is 8.93. The molecule has 0 aromatic heterocycles. The van der Waals surface area contributed by atoms with Crippen LogP contribution in [0.25, 0.3) is 0 Å². The van der Waals surface area contributed by atoms with Crippen LogP contribution in [-0.4, -0.2) is 40.9 Å². The monoisotopic (exact) mass is 326 g/mol. The molecule has 1 aromatic rings. The lowest BCUT2D eigenvalue weighted by atomic mass is 10.1. The van der Waals surface area contributed by atoms with Crippen molar-refractivity contribution >= 4 is 35.0 Å². The highest BCUT2D eigenvalue weighted by Gasteiger charge is 2.30. The second kappa shape index (κ2) is 7.41. The molecule has 1 aromatic carbocycles. The fourth-order valence-electron chi connectivity index (χ4n) is 2.48. The van der Waals surface area contributed by atoms with E-state index in [1.807, 2.05) is 28.8 Å². The third kappa shape index (κ3) is 3.86. The summed E-state index contributed by atoms with van der Waals surface area (Å²) in [4.78, 5) is 14.9. The molecule has 2 atom stereocenters. The van der Waals surface area contributed by atoms with Crippen LogP contribution in [0.5, 0.6) is 0 Å². The van der Waals surface area contributed by atoms with Crippen LogP contribution in [0.15, 0.2) is 18.2 Å². The van der Waals surface area contributed by atoms with E-state index in [0.29, 0.717) is 15.8 Å². The van der Waals surface area contributed by atoms with Gasteiger partial charge in [-0.3, -0.25) is 4.79 Å². The number of halogens is 1. The molecule has 2 rings (SSSR count). The number of amides is 1. The number of anilines is 1. The Bertz CT molecular complexity index is 509. The molecule has 0 radical (unpaired) electrons. The molecule has 1 saturated heterocycles. The quantitative estimate of drug-likeness (QED) is 0.903. The number of nitrogens with zero attached hydrogens (tertiary/aromatic N) is 1. The van der Waals surface area contributed by atoms with E-state index in [1.54, 1.807) is 6.07 Å². The molecule has 21 heavy (non-hydrogen) atoms. The van der Waals surface area contributed by atoms with Crippen LogP contribution in [0.1, 0.15) is 37.6 Å². The van der Waals surface area contributed by atoms with E-state index in [-0.39, 0.29) is 11.9 Å². The maximum absolute atomic E-state index is 12.9. The SMILES string of the molecule is CCCNc1ccc(Cl)cc1C(=O)N1CCSC(C)C1C. The molecule has 1 aliphatic heterocycles. The van der Waals surface area contributed by atoms with Crippen molar-refractivity contribution in [2.45, 2.75) is 38.5 Å². The van der Waals surface area contributed by atoms with Gasteiger partial charge in [0.05, 0.1) is 5.56 Å². The Morgan fingerprint density at radius 2 is 2.24 bits per heavy atom. The van der Waals surface area contributed by atoms with Crippen LogP contribution in [0, 0.1) is 0 Å². The summed E-state index contributed by atoms with van der Waals surface area (Å²) in [6.45, 7) is 8.07. The van der Waals surface area contributed by atoms with Gasteiger partial charge in [0, 0.05) is 40.8 Å². The maximum atomic E-state index is 12.9. The van der Waals surface area contributed by atoms with Gasteiger partial charge in [-0.25, -0.2) is 0 Å². The maximum Gasteiger partial charge on any atom is 0.256 e. The van der Waals surface area contributed by atoms with Gasteiger partial charge in [0.2, 0.25) is 0 Å². The summed E-state index contributed by atoms with van der Waals surface area (Å²) < 4.78 is 0. The summed E-state index contributed by atoms with van der Waals surface area (Å²) in [6.07, 6.45) is 1.02. The van der Waals surface area contributed by atoms with Crippen LogP contribution in [0.3, 0.4) is 0 Å². The molecule has 0 bridgehead atoms. The van der Waals surface area contributed by atoms with Gasteiger partial charge < -0.3 is 10.2 Å². The molecule has 116 valence electrons. The minimum atomic E-state index is 0.0794. The predicted octanol–water partition coefficient (Wildman–Crippen LogP) is 4.13. The van der Waals surface area contributed by atoms with E-state index in [4.69, 9.17) is 11.6 Å². The second-order valence-corrected chi connectivity index (χ2v) is 7.35. The summed E-state index contributed by atoms with van der Waals surface area (Å²) in [5.41, 5.74) is 1.56. The smallest absolute Gasteiger partial charge is 0.256 e. The summed E-state index contributed by atoms with van der Waals surface area (Å²) in [5.74, 6) is 1.07. The number of rotatable bonds is 4. The van der Waals surface area contributed by atoms with Gasteiger partial charge in [0.1, 0.15) is 0 Å². The van der Waals surface area contributed by atoms with E-state index in [0.717, 1.165) is 31.0 Å². The Hall–Kier alpha value is -0.870. The number of carbonyl (C=O) groups excluding carboxylic acids is 1. The zero-order valence-corrected chi connectivity index (χ0v) is 14.4. The molecule has 0 spiro atoms. The van der Waals surface area contributed by atoms with Gasteiger partial charge in [-0.05, 0) is 31.5 Å². The van der Waals surface area contributed by atoms with E-state index in [9.17, 15) is 4.79 Å². The van der Waals surface area contributed by atoms with Gasteiger partial charge >= 0.3 is 0 Å². The van der Waals surface area contributed by atoms with Gasteiger partial charge in [-0.15, -0.1) is 0 Å². The first kappa shape index (κ1) is 16.5. The zero-order valence-electron chi connectivity index (χ0n) is 12.9. The van der Waals surface area contributed by atoms with Crippen LogP contribution in [0.4, 0.5) is 5.69 Å². The van der Waals surface area contributed by atoms with E-state index in [1.165, 1.54) is 0 Å². The van der Waals surface area contributed by atoms with Crippen LogP contribution >= 0.6 is 23.4 Å². The normalized spacial score (nSPS) is 22.2. The lowest BCUT2D eigenvalue weighted by Crippen LogP contribution is -2.48. The summed E-state index contributed by atoms with van der Waals surface area (Å²) in [7, 11) is 0. The van der Waals surface area contributed by atoms with Crippen molar-refractivity contribution in [2.24, 2.45) is 0 Å². The molecule has 1 amide bonds. The van der Waals surface area contributed by atoms with Crippen molar-refractivity contribution in [1.82, 2.24) is 4.90 Å². The third-order valence-corrected chi connectivity index (χ3v) is 5.50. The highest BCUT2D eigenvalue weighted by Crippen LogP contribution is 2.28. The number of hydrogen-bond acceptors (Lipinski definition) is 3. The fourth-order valence-corrected chi connectivity index (χ4v) is 3.75. The highest BCUT2D eigenvalue weighted by atomic mass is 35.5. The molecule has 1 N–H and O–H groups in total. The molecule has 2 unspecified atom stereocenters. The Balaban J connectivity index is 2.26. The average Bonchev–Trinajstić information content (AvgIpc) is 2.48. The van der Waals surface area contributed by atoms with Crippen LogP contribution in [-0.2, 0) is 0 Å². The molecule has 5 heteroatoms. The largest absolute Gasteiger partial charge is 0.384 e. The lowest BCUT2D eigenvalue weighted by molar-refractivity contribution is 0.0699. The fraction of sp³-hybridized carbons (Fsp3) is 0.562. The molecule has 1 heterocycles. The van der Waals surface area contributed by atoms with Crippen molar-refractivity contribution in [3.05, 3.63) is 28.8 Å². The standard InChI is InChI=1S/C16H23ClN2OS/c1-4-7-18-15-6-5-13(17)10-14(15)16(20)19-8-9-21-12(3)11(19)2/h5-6,10-12,18H,4,7-9H2,1-3H3. The Kier molecular flexibility index (Phi) is 5.82. The minimum absolute atomic E-state index is 0.0794. The van der Waals surface area contributed by atoms with Crippen molar-refractivity contribution < 1.29 is 4.79 Å². The number of hydrogen-bond donors (Lipinski definition) is 1. The number of nitrogens with one attached hydrogen (secondary N) is 1. The highest BCUT2D eigenvalue weighted by molar-refractivity contribution is 8.00. The van der Waals surface area contributed by atoms with Crippen molar-refractivity contribution in [3.63, 3.8) is 0 Å². The van der Waals surface area contributed by atoms with Crippen LogP contribution < -0.4 is 5.32 Å². The zero-order chi connectivity index (χ0) is 15.4. The Morgan fingerprint density at radius 3 is 2.95 bits per heavy atom. The molecule has 1 aliphatic rings. The lowest BCUT2D eigenvalue weighted by Gasteiger charge is -2.37. The molecule has 1 fully saturated rings. The Labute approximate surface area is 136 Å². The summed E-state index contributed by atoms with van der Waals surface area (Å²) in [5, 5.41) is 4.40. The molecular weight excluding hydrogens is 304 g/mol. The van der Waals surface area contributed by atoms with Crippen molar-refractivity contribution in [1.29, 1.82) is 0 Å². The number of thioether (sulfide) groups is 1. The minimum Gasteiger partial charge on any atom is -0.384 e. The Morgan fingerprint density at radius 1 is 1.48 bits per heavy atom. The summed E-state index contributed by atoms with van der Waals surface area (Å²) >= 11 is 8.02. The number of benzene rings is 1. The second-order valence-electron chi connectivity index (χ2n) is 5.43. The molecular formula is C16H23ClN2OS. The van der Waals surface area contributed by atoms with Gasteiger partial charge in [0.25, 0.3) is 5.91 Å². The first-order valence-electron chi connectivity index (χ1n) is 7.50. The topological polar surface area (TPSA) is 32.3 Å². The van der Waals surface area contributed by atoms with Gasteiger partial charge in [0.15, 0.2) is 0 Å². The van der Waals surface area contributed by atoms with Gasteiger partial charge in [-0.2, -0.15) is 11.8 Å². The molecule has 3 nitrogen and oxygen atoms in total. The van der Waals surface area contributed by atoms with Crippen molar-refractivity contribution in [2.75, 3.05) is 24.2 Å². The summed E-state index contributed by atoms with van der Waals surface area (Å²) in [6, 6.07) is 5.75. The van der Waals surface area contributed by atoms with Gasteiger partial charge in [-0.1, -0.05) is 25.4 Å². The molecule has 0 saturated carbocycles. The molecule has 0 aliphatic carbocycles. The third-order valence-electron chi connectivity index (χ3n) is 3.92. The average molecular weight is 327 g/mol. The first-order chi connectivity index (χ1) is 10.0. The van der Waals surface area contributed by atoms with E-state index < -0.39 is 0 Å².